The van der Waals surface area contributed by atoms with Gasteiger partial charge in [0, 0.05) is 20.0 Å². The molecule has 0 heterocycles. The molecule has 0 aromatic rings. The van der Waals surface area contributed by atoms with Crippen molar-refractivity contribution in [3.8, 4) is 0 Å². The number of rotatable bonds is 2. The van der Waals surface area contributed by atoms with Crippen LogP contribution in [0.15, 0.2) is 0 Å². The molecule has 0 aliphatic carbocycles. The Morgan fingerprint density at radius 3 is 1.88 bits per heavy atom. The van der Waals surface area contributed by atoms with Gasteiger partial charge in [-0.25, -0.2) is 0 Å². The highest BCUT2D eigenvalue weighted by Gasteiger charge is 1.98. The Kier molecular flexibility index (Phi) is 5.72. The summed E-state index contributed by atoms with van der Waals surface area (Å²) in [6.45, 7) is -0.0289. The van der Waals surface area contributed by atoms with Gasteiger partial charge in [-0.1, -0.05) is 0 Å². The van der Waals surface area contributed by atoms with E-state index in [1.807, 2.05) is 0 Å². The van der Waals surface area contributed by atoms with Crippen LogP contribution >= 0.6 is 13.5 Å². The van der Waals surface area contributed by atoms with Crippen LogP contribution in [0.2, 0.25) is 0 Å². The molecule has 4 nitrogen and oxygen atoms in total. The van der Waals surface area contributed by atoms with Gasteiger partial charge in [-0.3, -0.25) is 4.55 Å². The third-order valence-electron chi connectivity index (χ3n) is 0.376. The highest BCUT2D eigenvalue weighted by molar-refractivity contribution is 7.85. The van der Waals surface area contributed by atoms with Crippen LogP contribution < -0.4 is 5.73 Å². The third-order valence-corrected chi connectivity index (χ3v) is 1.13. The Labute approximate surface area is 55.3 Å². The van der Waals surface area contributed by atoms with Gasteiger partial charge in [0.15, 0.2) is 0 Å². The average molecular weight is 157 g/mol. The fourth-order valence-corrected chi connectivity index (χ4v) is 0.447. The zero-order chi connectivity index (χ0) is 5.91. The molecular formula is C2H7NO3S2. The first-order chi connectivity index (χ1) is 3.06. The Balaban J connectivity index is 0. The maximum Gasteiger partial charge on any atom is 0.266 e. The van der Waals surface area contributed by atoms with Crippen molar-refractivity contribution < 1.29 is 13.0 Å². The molecule has 50 valence electrons. The zero-order valence-electron chi connectivity index (χ0n) is 4.07. The van der Waals surface area contributed by atoms with Crippen molar-refractivity contribution in [3.05, 3.63) is 0 Å². The monoisotopic (exact) mass is 157 g/mol. The lowest BCUT2D eigenvalue weighted by Gasteiger charge is -1.86. The van der Waals surface area contributed by atoms with E-state index in [9.17, 15) is 8.42 Å². The van der Waals surface area contributed by atoms with Gasteiger partial charge >= 0.3 is 0 Å². The molecule has 0 spiro atoms. The lowest BCUT2D eigenvalue weighted by atomic mass is 10.8. The molecule has 8 heavy (non-hydrogen) atoms. The van der Waals surface area contributed by atoms with E-state index in [-0.39, 0.29) is 25.8 Å². The van der Waals surface area contributed by atoms with Gasteiger partial charge < -0.3 is 5.73 Å². The summed E-state index contributed by atoms with van der Waals surface area (Å²) in [5, 5.41) is 0. The molecule has 0 saturated carbocycles. The molecule has 0 bridgehead atoms. The Morgan fingerprint density at radius 2 is 1.88 bits per heavy atom. The second-order valence-electron chi connectivity index (χ2n) is 1.07. The maximum atomic E-state index is 9.71. The van der Waals surface area contributed by atoms with Crippen molar-refractivity contribution in [2.24, 2.45) is 5.73 Å². The molecule has 0 amide bonds. The van der Waals surface area contributed by atoms with E-state index in [1.54, 1.807) is 0 Å². The Bertz CT molecular complexity index is 128. The lowest BCUT2D eigenvalue weighted by Crippen LogP contribution is -2.13. The first kappa shape index (κ1) is 11.1. The minimum Gasteiger partial charge on any atom is -0.329 e. The molecule has 0 aliphatic heterocycles. The third kappa shape index (κ3) is 9.52. The van der Waals surface area contributed by atoms with Gasteiger partial charge in [-0.05, 0) is 0 Å². The fourth-order valence-electron chi connectivity index (χ4n) is 0.149. The number of nitrogens with two attached hydrogens (primary N) is 1. The van der Waals surface area contributed by atoms with Crippen LogP contribution in [0, 0.1) is 0 Å². The van der Waals surface area contributed by atoms with Gasteiger partial charge in [-0.2, -0.15) is 8.42 Å². The molecule has 0 aromatic heterocycles. The highest BCUT2D eigenvalue weighted by atomic mass is 32.2. The van der Waals surface area contributed by atoms with Crippen molar-refractivity contribution >= 4 is 23.6 Å². The van der Waals surface area contributed by atoms with E-state index < -0.39 is 10.1 Å². The molecule has 0 atom stereocenters. The van der Waals surface area contributed by atoms with Crippen LogP contribution in [-0.2, 0) is 10.1 Å². The minimum atomic E-state index is -3.80. The predicted molar refractivity (Wildman–Crippen MR) is 33.1 cm³/mol. The Morgan fingerprint density at radius 1 is 1.50 bits per heavy atom. The summed E-state index contributed by atoms with van der Waals surface area (Å²) in [4.78, 5) is 0. The van der Waals surface area contributed by atoms with Crippen molar-refractivity contribution in [3.63, 3.8) is 0 Å². The second-order valence-corrected chi connectivity index (χ2v) is 2.65. The molecule has 0 fully saturated rings. The first-order valence-electron chi connectivity index (χ1n) is 1.71. The first-order valence-corrected chi connectivity index (χ1v) is 3.32. The summed E-state index contributed by atoms with van der Waals surface area (Å²) in [5.41, 5.74) is 4.78. The van der Waals surface area contributed by atoms with Crippen molar-refractivity contribution in [2.75, 3.05) is 12.3 Å². The molecule has 6 heteroatoms. The summed E-state index contributed by atoms with van der Waals surface area (Å²) in [7, 11) is -3.80. The largest absolute Gasteiger partial charge is 0.329 e. The van der Waals surface area contributed by atoms with E-state index >= 15 is 0 Å². The van der Waals surface area contributed by atoms with Crippen molar-refractivity contribution in [1.82, 2.24) is 0 Å². The quantitative estimate of drug-likeness (QED) is 0.528. The maximum absolute atomic E-state index is 9.71. The number of hydrogen-bond donors (Lipinski definition) is 2. The van der Waals surface area contributed by atoms with Crippen LogP contribution in [0.3, 0.4) is 0 Å². The van der Waals surface area contributed by atoms with E-state index in [4.69, 9.17) is 10.3 Å². The lowest BCUT2D eigenvalue weighted by molar-refractivity contribution is 0.483. The SMILES string of the molecule is NCCS(=O)(=O)O.[S]. The van der Waals surface area contributed by atoms with Crippen LogP contribution in [0.4, 0.5) is 0 Å². The van der Waals surface area contributed by atoms with Gasteiger partial charge in [0.25, 0.3) is 10.1 Å². The normalized spacial score (nSPS) is 10.2. The molecule has 2 radical (unpaired) electrons. The highest BCUT2D eigenvalue weighted by Crippen LogP contribution is 1.74. The molecule has 0 rings (SSSR count). The van der Waals surface area contributed by atoms with E-state index in [0.717, 1.165) is 0 Å². The molecule has 0 saturated heterocycles. The number of hydrogen-bond acceptors (Lipinski definition) is 3. The smallest absolute Gasteiger partial charge is 0.266 e. The molecule has 0 aromatic carbocycles. The predicted octanol–water partition coefficient (Wildman–Crippen LogP) is -0.519. The summed E-state index contributed by atoms with van der Waals surface area (Å²) in [5.74, 6) is -0.354. The molecule has 3 N–H and O–H groups in total. The van der Waals surface area contributed by atoms with Crippen LogP contribution in [-0.4, -0.2) is 25.3 Å². The van der Waals surface area contributed by atoms with E-state index in [1.165, 1.54) is 0 Å². The van der Waals surface area contributed by atoms with E-state index in [2.05, 4.69) is 0 Å². The van der Waals surface area contributed by atoms with Crippen LogP contribution in [0.1, 0.15) is 0 Å². The summed E-state index contributed by atoms with van der Waals surface area (Å²) in [6, 6.07) is 0. The summed E-state index contributed by atoms with van der Waals surface area (Å²) in [6.07, 6.45) is 0. The average Bonchev–Trinajstić information content (AvgIpc) is 1.30. The van der Waals surface area contributed by atoms with Gasteiger partial charge in [0.1, 0.15) is 0 Å². The molecule has 0 unspecified atom stereocenters. The van der Waals surface area contributed by atoms with Gasteiger partial charge in [0.05, 0.1) is 5.75 Å². The standard InChI is InChI=1S/C2H7NO3S.S/c3-1-2-7(4,5)6;/h1-3H2,(H,4,5,6);. The fraction of sp³-hybridized carbons (Fsp3) is 1.00. The van der Waals surface area contributed by atoms with E-state index in [0.29, 0.717) is 0 Å². The summed E-state index contributed by atoms with van der Waals surface area (Å²) >= 11 is 0. The van der Waals surface area contributed by atoms with Crippen molar-refractivity contribution in [1.29, 1.82) is 0 Å². The van der Waals surface area contributed by atoms with Crippen LogP contribution in [0.25, 0.3) is 0 Å². The zero-order valence-corrected chi connectivity index (χ0v) is 5.70. The summed E-state index contributed by atoms with van der Waals surface area (Å²) < 4.78 is 27.3. The molecular weight excluding hydrogens is 150 g/mol. The minimum absolute atomic E-state index is 0. The Hall–Kier alpha value is 0.220. The van der Waals surface area contributed by atoms with Gasteiger partial charge in [-0.15, -0.1) is 0 Å². The van der Waals surface area contributed by atoms with Crippen molar-refractivity contribution in [2.45, 2.75) is 0 Å². The van der Waals surface area contributed by atoms with Gasteiger partial charge in [0.2, 0.25) is 0 Å². The molecule has 0 aliphatic rings. The van der Waals surface area contributed by atoms with Crippen LogP contribution in [0.5, 0.6) is 0 Å². The second kappa shape index (κ2) is 4.13. The topological polar surface area (TPSA) is 80.4 Å².